The highest BCUT2D eigenvalue weighted by Crippen LogP contribution is 2.17. The van der Waals surface area contributed by atoms with Crippen molar-refractivity contribution in [2.75, 3.05) is 0 Å². The molecule has 0 saturated carbocycles. The lowest BCUT2D eigenvalue weighted by Gasteiger charge is -2.25. The number of aliphatic carboxylic acids is 1. The van der Waals surface area contributed by atoms with Gasteiger partial charge in [-0.2, -0.15) is 0 Å². The number of esters is 1. The third-order valence-electron chi connectivity index (χ3n) is 3.15. The minimum absolute atomic E-state index is 0.729. The van der Waals surface area contributed by atoms with E-state index in [1.165, 1.54) is 11.1 Å². The van der Waals surface area contributed by atoms with E-state index in [0.29, 0.717) is 0 Å². The number of carboxylic acids is 1. The summed E-state index contributed by atoms with van der Waals surface area (Å²) in [4.78, 5) is 21.7. The standard InChI is InChI=1S/C12H10.C8H15NO4/c1-3-7-11(8-4-1)12-9-5-2-6-10-12;1-7(2,3)13-6(12)8(4,9)5(10)11/h1-10H;9H2,1-4H3,(H,10,11). The van der Waals surface area contributed by atoms with E-state index < -0.39 is 23.1 Å². The van der Waals surface area contributed by atoms with E-state index in [0.717, 1.165) is 6.92 Å². The molecule has 2 aromatic carbocycles. The summed E-state index contributed by atoms with van der Waals surface area (Å²) in [5, 5.41) is 8.58. The van der Waals surface area contributed by atoms with Crippen molar-refractivity contribution in [1.82, 2.24) is 0 Å². The molecule has 2 rings (SSSR count). The van der Waals surface area contributed by atoms with E-state index in [2.05, 4.69) is 48.5 Å². The molecule has 25 heavy (non-hydrogen) atoms. The van der Waals surface area contributed by atoms with Crippen LogP contribution in [0.4, 0.5) is 0 Å². The topological polar surface area (TPSA) is 89.6 Å². The zero-order chi connectivity index (χ0) is 19.1. The third-order valence-corrected chi connectivity index (χ3v) is 3.15. The van der Waals surface area contributed by atoms with Gasteiger partial charge in [0, 0.05) is 0 Å². The predicted molar refractivity (Wildman–Crippen MR) is 98.0 cm³/mol. The highest BCUT2D eigenvalue weighted by Gasteiger charge is 2.40. The van der Waals surface area contributed by atoms with Gasteiger partial charge in [-0.1, -0.05) is 60.7 Å². The molecule has 0 aromatic heterocycles. The molecule has 1 atom stereocenters. The van der Waals surface area contributed by atoms with Crippen molar-refractivity contribution in [3.63, 3.8) is 0 Å². The first-order valence-electron chi connectivity index (χ1n) is 7.90. The summed E-state index contributed by atoms with van der Waals surface area (Å²) in [5.74, 6) is -2.34. The number of nitrogens with two attached hydrogens (primary N) is 1. The summed E-state index contributed by atoms with van der Waals surface area (Å²) >= 11 is 0. The van der Waals surface area contributed by atoms with Crippen molar-refractivity contribution in [2.45, 2.75) is 38.8 Å². The van der Waals surface area contributed by atoms with E-state index >= 15 is 0 Å². The highest BCUT2D eigenvalue weighted by molar-refractivity contribution is 6.03. The molecule has 0 radical (unpaired) electrons. The Labute approximate surface area is 148 Å². The van der Waals surface area contributed by atoms with Crippen LogP contribution in [-0.4, -0.2) is 28.2 Å². The van der Waals surface area contributed by atoms with Gasteiger partial charge in [-0.25, -0.2) is 9.59 Å². The van der Waals surface area contributed by atoms with Crippen LogP contribution in [0.2, 0.25) is 0 Å². The van der Waals surface area contributed by atoms with Gasteiger partial charge in [0.05, 0.1) is 0 Å². The molecule has 0 aliphatic rings. The van der Waals surface area contributed by atoms with E-state index in [4.69, 9.17) is 15.6 Å². The average Bonchev–Trinajstić information content (AvgIpc) is 2.55. The molecule has 0 spiro atoms. The number of ether oxygens (including phenoxy) is 1. The molecule has 2 aromatic rings. The molecule has 0 amide bonds. The van der Waals surface area contributed by atoms with Crippen LogP contribution < -0.4 is 5.73 Å². The maximum absolute atomic E-state index is 11.2. The molecule has 3 N–H and O–H groups in total. The summed E-state index contributed by atoms with van der Waals surface area (Å²) < 4.78 is 4.82. The van der Waals surface area contributed by atoms with Gasteiger partial charge >= 0.3 is 11.9 Å². The highest BCUT2D eigenvalue weighted by atomic mass is 16.6. The van der Waals surface area contributed by atoms with Crippen molar-refractivity contribution in [3.8, 4) is 11.1 Å². The van der Waals surface area contributed by atoms with Crippen molar-refractivity contribution < 1.29 is 19.4 Å². The second kappa shape index (κ2) is 8.44. The Bertz CT molecular complexity index is 651. The van der Waals surface area contributed by atoms with Crippen LogP contribution in [0.15, 0.2) is 60.7 Å². The van der Waals surface area contributed by atoms with E-state index in [9.17, 15) is 9.59 Å². The molecule has 0 aliphatic carbocycles. The number of carbonyl (C=O) groups excluding carboxylic acids is 1. The van der Waals surface area contributed by atoms with Crippen LogP contribution in [0.5, 0.6) is 0 Å². The monoisotopic (exact) mass is 343 g/mol. The van der Waals surface area contributed by atoms with Gasteiger partial charge in [-0.3, -0.25) is 0 Å². The number of carbonyl (C=O) groups is 2. The summed E-state index contributed by atoms with van der Waals surface area (Å²) in [7, 11) is 0. The molecule has 0 saturated heterocycles. The Kier molecular flexibility index (Phi) is 6.88. The maximum atomic E-state index is 11.2. The first kappa shape index (κ1) is 20.4. The zero-order valence-electron chi connectivity index (χ0n) is 15.0. The van der Waals surface area contributed by atoms with Crippen LogP contribution in [0, 0.1) is 0 Å². The van der Waals surface area contributed by atoms with Gasteiger partial charge in [-0.05, 0) is 38.8 Å². The minimum atomic E-state index is -1.98. The van der Waals surface area contributed by atoms with E-state index in [-0.39, 0.29) is 0 Å². The number of hydrogen-bond acceptors (Lipinski definition) is 4. The average molecular weight is 343 g/mol. The first-order chi connectivity index (χ1) is 11.5. The number of carboxylic acid groups (broad SMARTS) is 1. The lowest BCUT2D eigenvalue weighted by molar-refractivity contribution is -0.168. The number of hydrogen-bond donors (Lipinski definition) is 2. The summed E-state index contributed by atoms with van der Waals surface area (Å²) in [6, 6.07) is 20.8. The summed E-state index contributed by atoms with van der Waals surface area (Å²) in [5.41, 5.74) is 5.08. The molecule has 5 nitrogen and oxygen atoms in total. The van der Waals surface area contributed by atoms with Crippen molar-refractivity contribution in [1.29, 1.82) is 0 Å². The van der Waals surface area contributed by atoms with Crippen LogP contribution >= 0.6 is 0 Å². The smallest absolute Gasteiger partial charge is 0.338 e. The Balaban J connectivity index is 0.000000250. The van der Waals surface area contributed by atoms with E-state index in [1.807, 2.05) is 12.1 Å². The summed E-state index contributed by atoms with van der Waals surface area (Å²) in [6.45, 7) is 6.03. The number of benzene rings is 2. The molecule has 0 fully saturated rings. The molecular weight excluding hydrogens is 318 g/mol. The number of rotatable bonds is 3. The molecule has 134 valence electrons. The second-order valence-corrected chi connectivity index (χ2v) is 6.74. The van der Waals surface area contributed by atoms with Crippen molar-refractivity contribution >= 4 is 11.9 Å². The van der Waals surface area contributed by atoms with Crippen molar-refractivity contribution in [3.05, 3.63) is 60.7 Å². The lowest BCUT2D eigenvalue weighted by atomic mass is 10.0. The fourth-order valence-corrected chi connectivity index (χ4v) is 1.73. The van der Waals surface area contributed by atoms with E-state index in [1.54, 1.807) is 20.8 Å². The Hall–Kier alpha value is -2.66. The molecule has 5 heteroatoms. The largest absolute Gasteiger partial charge is 0.479 e. The van der Waals surface area contributed by atoms with Gasteiger partial charge in [0.1, 0.15) is 5.60 Å². The Morgan fingerprint density at radius 2 is 1.20 bits per heavy atom. The SMILES string of the molecule is CC(C)(C)OC(=O)C(C)(N)C(=O)O.c1ccc(-c2ccccc2)cc1. The fourth-order valence-electron chi connectivity index (χ4n) is 1.73. The normalized spacial score (nSPS) is 13.0. The molecule has 0 heterocycles. The molecule has 0 aliphatic heterocycles. The quantitative estimate of drug-likeness (QED) is 0.658. The van der Waals surface area contributed by atoms with Gasteiger partial charge < -0.3 is 15.6 Å². The first-order valence-corrected chi connectivity index (χ1v) is 7.90. The molecule has 0 bridgehead atoms. The zero-order valence-corrected chi connectivity index (χ0v) is 15.0. The van der Waals surface area contributed by atoms with Crippen LogP contribution in [0.3, 0.4) is 0 Å². The Morgan fingerprint density at radius 1 is 0.840 bits per heavy atom. The maximum Gasteiger partial charge on any atom is 0.338 e. The Morgan fingerprint density at radius 3 is 1.48 bits per heavy atom. The molecule has 1 unspecified atom stereocenters. The second-order valence-electron chi connectivity index (χ2n) is 6.74. The summed E-state index contributed by atoms with van der Waals surface area (Å²) in [6.07, 6.45) is 0. The van der Waals surface area contributed by atoms with Crippen LogP contribution in [0.1, 0.15) is 27.7 Å². The van der Waals surface area contributed by atoms with Gasteiger partial charge in [-0.15, -0.1) is 0 Å². The van der Waals surface area contributed by atoms with Gasteiger partial charge in [0.25, 0.3) is 0 Å². The fraction of sp³-hybridized carbons (Fsp3) is 0.300. The van der Waals surface area contributed by atoms with Crippen LogP contribution in [-0.2, 0) is 14.3 Å². The van der Waals surface area contributed by atoms with Crippen molar-refractivity contribution in [2.24, 2.45) is 5.73 Å². The lowest BCUT2D eigenvalue weighted by Crippen LogP contribution is -2.54. The minimum Gasteiger partial charge on any atom is -0.479 e. The predicted octanol–water partition coefficient (Wildman–Crippen LogP) is 3.48. The third kappa shape index (κ3) is 6.77. The van der Waals surface area contributed by atoms with Crippen LogP contribution in [0.25, 0.3) is 11.1 Å². The van der Waals surface area contributed by atoms with Gasteiger partial charge in [0.2, 0.25) is 5.54 Å². The van der Waals surface area contributed by atoms with Gasteiger partial charge in [0.15, 0.2) is 0 Å². The molecular formula is C20H25NO4.